The first-order valence-corrected chi connectivity index (χ1v) is 8.98. The van der Waals surface area contributed by atoms with Gasteiger partial charge in [-0.3, -0.25) is 0 Å². The standard InChI is InChI=1S/C20H23N5O2/c1-20(2,3)18-23-24-19(27-18)25-11-14-10-21-17(22-16(14)12-25)9-13-5-7-15(26-4)8-6-13/h5-8,10H,9,11-12H2,1-4H3. The Bertz CT molecular complexity index is 944. The van der Waals surface area contributed by atoms with E-state index in [-0.39, 0.29) is 5.41 Å². The first-order valence-electron chi connectivity index (χ1n) is 8.98. The second-order valence-corrected chi connectivity index (χ2v) is 7.78. The maximum atomic E-state index is 5.85. The van der Waals surface area contributed by atoms with Gasteiger partial charge in [-0.05, 0) is 17.7 Å². The number of ether oxygens (including phenoxy) is 1. The Labute approximate surface area is 158 Å². The van der Waals surface area contributed by atoms with Gasteiger partial charge in [0.05, 0.1) is 25.9 Å². The number of aromatic nitrogens is 4. The molecular formula is C20H23N5O2. The van der Waals surface area contributed by atoms with Crippen LogP contribution in [-0.4, -0.2) is 27.3 Å². The topological polar surface area (TPSA) is 77.2 Å². The lowest BCUT2D eigenvalue weighted by Crippen LogP contribution is -2.15. The largest absolute Gasteiger partial charge is 0.497 e. The van der Waals surface area contributed by atoms with E-state index < -0.39 is 0 Å². The Morgan fingerprint density at radius 1 is 1.11 bits per heavy atom. The maximum absolute atomic E-state index is 5.85. The van der Waals surface area contributed by atoms with E-state index in [1.54, 1.807) is 7.11 Å². The van der Waals surface area contributed by atoms with Crippen LogP contribution in [-0.2, 0) is 24.9 Å². The highest BCUT2D eigenvalue weighted by Gasteiger charge is 2.28. The van der Waals surface area contributed by atoms with E-state index in [4.69, 9.17) is 14.1 Å². The highest BCUT2D eigenvalue weighted by Crippen LogP contribution is 2.29. The third-order valence-electron chi connectivity index (χ3n) is 4.55. The number of hydrogen-bond donors (Lipinski definition) is 0. The Morgan fingerprint density at radius 3 is 2.56 bits per heavy atom. The molecule has 140 valence electrons. The number of nitrogens with zero attached hydrogens (tertiary/aromatic N) is 5. The summed E-state index contributed by atoms with van der Waals surface area (Å²) in [7, 11) is 1.66. The molecule has 1 aromatic carbocycles. The van der Waals surface area contributed by atoms with Crippen molar-refractivity contribution in [2.24, 2.45) is 0 Å². The minimum Gasteiger partial charge on any atom is -0.497 e. The van der Waals surface area contributed by atoms with Crippen LogP contribution in [0.1, 0.15) is 49.3 Å². The van der Waals surface area contributed by atoms with Crippen LogP contribution in [0.25, 0.3) is 0 Å². The molecule has 0 atom stereocenters. The minimum absolute atomic E-state index is 0.164. The van der Waals surface area contributed by atoms with E-state index in [1.165, 1.54) is 0 Å². The molecule has 3 aromatic rings. The van der Waals surface area contributed by atoms with Crippen molar-refractivity contribution in [2.45, 2.75) is 45.7 Å². The lowest BCUT2D eigenvalue weighted by molar-refractivity contribution is 0.391. The van der Waals surface area contributed by atoms with E-state index in [9.17, 15) is 0 Å². The second kappa shape index (κ2) is 6.64. The first kappa shape index (κ1) is 17.5. The van der Waals surface area contributed by atoms with Crippen LogP contribution in [0.5, 0.6) is 5.75 Å². The van der Waals surface area contributed by atoms with Crippen LogP contribution in [0.15, 0.2) is 34.9 Å². The number of anilines is 1. The van der Waals surface area contributed by atoms with Crippen molar-refractivity contribution < 1.29 is 9.15 Å². The fourth-order valence-electron chi connectivity index (χ4n) is 2.99. The van der Waals surface area contributed by atoms with Gasteiger partial charge in [0.2, 0.25) is 5.89 Å². The molecule has 0 unspecified atom stereocenters. The Balaban J connectivity index is 1.49. The summed E-state index contributed by atoms with van der Waals surface area (Å²) in [5.74, 6) is 2.29. The van der Waals surface area contributed by atoms with Gasteiger partial charge in [0.15, 0.2) is 0 Å². The van der Waals surface area contributed by atoms with Gasteiger partial charge in [0.1, 0.15) is 11.6 Å². The Kier molecular flexibility index (Phi) is 4.30. The zero-order chi connectivity index (χ0) is 19.0. The molecule has 0 bridgehead atoms. The highest BCUT2D eigenvalue weighted by atomic mass is 16.5. The monoisotopic (exact) mass is 365 g/mol. The highest BCUT2D eigenvalue weighted by molar-refractivity contribution is 5.38. The third-order valence-corrected chi connectivity index (χ3v) is 4.55. The summed E-state index contributed by atoms with van der Waals surface area (Å²) in [5, 5.41) is 8.38. The van der Waals surface area contributed by atoms with Crippen molar-refractivity contribution in [3.05, 3.63) is 59.0 Å². The minimum atomic E-state index is -0.164. The van der Waals surface area contributed by atoms with E-state index >= 15 is 0 Å². The molecule has 1 aliphatic rings. The van der Waals surface area contributed by atoms with Gasteiger partial charge in [-0.15, -0.1) is 5.10 Å². The molecule has 7 heteroatoms. The molecule has 0 spiro atoms. The maximum Gasteiger partial charge on any atom is 0.318 e. The summed E-state index contributed by atoms with van der Waals surface area (Å²) < 4.78 is 11.1. The zero-order valence-electron chi connectivity index (χ0n) is 16.1. The van der Waals surface area contributed by atoms with Gasteiger partial charge in [-0.2, -0.15) is 0 Å². The third kappa shape index (κ3) is 3.63. The molecule has 7 nitrogen and oxygen atoms in total. The number of hydrogen-bond acceptors (Lipinski definition) is 7. The van der Waals surface area contributed by atoms with Crippen LogP contribution >= 0.6 is 0 Å². The molecule has 0 radical (unpaired) electrons. The molecule has 0 saturated heterocycles. The molecule has 0 N–H and O–H groups in total. The van der Waals surface area contributed by atoms with E-state index in [0.717, 1.165) is 28.4 Å². The molecular weight excluding hydrogens is 342 g/mol. The van der Waals surface area contributed by atoms with Crippen LogP contribution in [0, 0.1) is 0 Å². The van der Waals surface area contributed by atoms with E-state index in [1.807, 2.05) is 35.4 Å². The molecule has 27 heavy (non-hydrogen) atoms. The number of methoxy groups -OCH3 is 1. The van der Waals surface area contributed by atoms with Crippen molar-refractivity contribution in [2.75, 3.05) is 12.0 Å². The van der Waals surface area contributed by atoms with Gasteiger partial charge in [0.25, 0.3) is 0 Å². The van der Waals surface area contributed by atoms with Gasteiger partial charge < -0.3 is 14.1 Å². The van der Waals surface area contributed by atoms with Gasteiger partial charge in [0, 0.05) is 23.6 Å². The normalized spacial score (nSPS) is 13.7. The van der Waals surface area contributed by atoms with Gasteiger partial charge in [-0.1, -0.05) is 38.0 Å². The first-order chi connectivity index (χ1) is 12.9. The fraction of sp³-hybridized carbons (Fsp3) is 0.400. The summed E-state index contributed by atoms with van der Waals surface area (Å²) in [6.45, 7) is 7.50. The quantitative estimate of drug-likeness (QED) is 0.702. The summed E-state index contributed by atoms with van der Waals surface area (Å²) in [6, 6.07) is 8.51. The Hall–Kier alpha value is -2.96. The summed E-state index contributed by atoms with van der Waals surface area (Å²) in [4.78, 5) is 11.3. The molecule has 3 heterocycles. The summed E-state index contributed by atoms with van der Waals surface area (Å²) >= 11 is 0. The van der Waals surface area contributed by atoms with Gasteiger partial charge in [-0.25, -0.2) is 9.97 Å². The second-order valence-electron chi connectivity index (χ2n) is 7.78. The van der Waals surface area contributed by atoms with E-state index in [2.05, 4.69) is 36.0 Å². The van der Waals surface area contributed by atoms with Crippen molar-refractivity contribution in [1.82, 2.24) is 20.2 Å². The molecule has 2 aromatic heterocycles. The molecule has 0 saturated carbocycles. The average molecular weight is 365 g/mol. The number of benzene rings is 1. The number of fused-ring (bicyclic) bond motifs is 1. The van der Waals surface area contributed by atoms with Crippen LogP contribution in [0.3, 0.4) is 0 Å². The van der Waals surface area contributed by atoms with Crippen LogP contribution in [0.2, 0.25) is 0 Å². The molecule has 0 aliphatic carbocycles. The predicted octanol–water partition coefficient (Wildman–Crippen LogP) is 3.28. The smallest absolute Gasteiger partial charge is 0.318 e. The van der Waals surface area contributed by atoms with E-state index in [0.29, 0.717) is 31.4 Å². The molecule has 1 aliphatic heterocycles. The SMILES string of the molecule is COc1ccc(Cc2ncc3c(n2)CN(c2nnc(C(C)(C)C)o2)C3)cc1. The molecule has 0 amide bonds. The Morgan fingerprint density at radius 2 is 1.89 bits per heavy atom. The molecule has 4 rings (SSSR count). The molecule has 0 fully saturated rings. The van der Waals surface area contributed by atoms with Crippen molar-refractivity contribution in [1.29, 1.82) is 0 Å². The fourth-order valence-corrected chi connectivity index (χ4v) is 2.99. The predicted molar refractivity (Wildman–Crippen MR) is 101 cm³/mol. The lowest BCUT2D eigenvalue weighted by atomic mass is 9.97. The number of rotatable bonds is 4. The average Bonchev–Trinajstić information content (AvgIpc) is 3.28. The lowest BCUT2D eigenvalue weighted by Gasteiger charge is -2.13. The van der Waals surface area contributed by atoms with Gasteiger partial charge >= 0.3 is 6.01 Å². The summed E-state index contributed by atoms with van der Waals surface area (Å²) in [5.41, 5.74) is 3.11. The van der Waals surface area contributed by atoms with Crippen molar-refractivity contribution in [3.8, 4) is 5.75 Å². The van der Waals surface area contributed by atoms with Crippen molar-refractivity contribution in [3.63, 3.8) is 0 Å². The summed E-state index contributed by atoms with van der Waals surface area (Å²) in [6.07, 6.45) is 2.59. The van der Waals surface area contributed by atoms with Crippen molar-refractivity contribution >= 4 is 6.01 Å². The zero-order valence-corrected chi connectivity index (χ0v) is 16.1. The van der Waals surface area contributed by atoms with Crippen LogP contribution in [0.4, 0.5) is 6.01 Å². The van der Waals surface area contributed by atoms with Crippen LogP contribution < -0.4 is 9.64 Å².